The van der Waals surface area contributed by atoms with Crippen molar-refractivity contribution in [2.75, 3.05) is 6.54 Å². The first-order valence-electron chi connectivity index (χ1n) is 8.02. The maximum atomic E-state index is 11.6. The Kier molecular flexibility index (Phi) is 9.21. The number of hydrogen-bond acceptors (Lipinski definition) is 1. The van der Waals surface area contributed by atoms with E-state index in [2.05, 4.69) is 29.7 Å². The number of hydrogen-bond donors (Lipinski definition) is 2. The van der Waals surface area contributed by atoms with Crippen molar-refractivity contribution in [2.45, 2.75) is 77.2 Å². The molecule has 1 rings (SSSR count). The predicted molar refractivity (Wildman–Crippen MR) is 81.3 cm³/mol. The fourth-order valence-corrected chi connectivity index (χ4v) is 2.50. The minimum absolute atomic E-state index is 0.00582. The molecule has 3 nitrogen and oxygen atoms in total. The number of amides is 2. The number of allylic oxidation sites excluding steroid dienone is 1. The number of carbonyl (C=O) groups excluding carboxylic acids is 1. The number of urea groups is 1. The average Bonchev–Trinajstić information content (AvgIpc) is 2.43. The minimum atomic E-state index is 0.00582. The van der Waals surface area contributed by atoms with Crippen LogP contribution in [0, 0.1) is 0 Å². The Bertz CT molecular complexity index is 257. The smallest absolute Gasteiger partial charge is 0.315 e. The molecule has 0 aromatic carbocycles. The van der Waals surface area contributed by atoms with Gasteiger partial charge in [-0.25, -0.2) is 4.79 Å². The second-order valence-corrected chi connectivity index (χ2v) is 5.49. The molecule has 0 spiro atoms. The molecule has 0 unspecified atom stereocenters. The molecule has 0 radical (unpaired) electrons. The van der Waals surface area contributed by atoms with E-state index in [0.29, 0.717) is 6.04 Å². The molecule has 2 N–H and O–H groups in total. The monoisotopic (exact) mass is 266 g/mol. The molecule has 0 atom stereocenters. The normalized spacial score (nSPS) is 16.7. The van der Waals surface area contributed by atoms with Crippen molar-refractivity contribution in [3.8, 4) is 0 Å². The van der Waals surface area contributed by atoms with E-state index in [0.717, 1.165) is 25.8 Å². The molecular weight excluding hydrogens is 236 g/mol. The summed E-state index contributed by atoms with van der Waals surface area (Å²) in [6.45, 7) is 2.96. The highest BCUT2D eigenvalue weighted by molar-refractivity contribution is 5.74. The Morgan fingerprint density at radius 2 is 1.84 bits per heavy atom. The minimum Gasteiger partial charge on any atom is -0.338 e. The van der Waals surface area contributed by atoms with E-state index in [9.17, 15) is 4.79 Å². The third kappa shape index (κ3) is 8.68. The Hall–Kier alpha value is -0.990. The molecule has 0 aromatic heterocycles. The van der Waals surface area contributed by atoms with Crippen LogP contribution in [-0.2, 0) is 0 Å². The molecule has 0 aliphatic heterocycles. The maximum Gasteiger partial charge on any atom is 0.315 e. The lowest BCUT2D eigenvalue weighted by molar-refractivity contribution is 0.233. The highest BCUT2D eigenvalue weighted by Gasteiger charge is 2.14. The van der Waals surface area contributed by atoms with E-state index >= 15 is 0 Å². The molecule has 3 heteroatoms. The third-order valence-corrected chi connectivity index (χ3v) is 3.68. The van der Waals surface area contributed by atoms with Crippen molar-refractivity contribution in [1.82, 2.24) is 10.6 Å². The molecule has 1 aliphatic carbocycles. The van der Waals surface area contributed by atoms with Gasteiger partial charge in [-0.2, -0.15) is 0 Å². The Morgan fingerprint density at radius 1 is 1.11 bits per heavy atom. The van der Waals surface area contributed by atoms with Crippen LogP contribution in [0.5, 0.6) is 0 Å². The van der Waals surface area contributed by atoms with Gasteiger partial charge in [-0.3, -0.25) is 0 Å². The standard InChI is InChI=1S/C16H30N2O/c1-2-3-4-5-6-7-11-14-17-16(19)18-15-12-9-8-10-13-15/h6-7,15H,2-5,8-14H2,1H3,(H2,17,18,19)/b7-6+. The lowest BCUT2D eigenvalue weighted by atomic mass is 9.96. The molecule has 1 saturated carbocycles. The van der Waals surface area contributed by atoms with Crippen LogP contribution < -0.4 is 10.6 Å². The van der Waals surface area contributed by atoms with Crippen LogP contribution in [0.2, 0.25) is 0 Å². The second kappa shape index (κ2) is 10.9. The fraction of sp³-hybridized carbons (Fsp3) is 0.812. The van der Waals surface area contributed by atoms with Crippen LogP contribution >= 0.6 is 0 Å². The van der Waals surface area contributed by atoms with Gasteiger partial charge in [0.25, 0.3) is 0 Å². The van der Waals surface area contributed by atoms with Gasteiger partial charge in [0, 0.05) is 12.6 Å². The highest BCUT2D eigenvalue weighted by Crippen LogP contribution is 2.17. The zero-order valence-electron chi connectivity index (χ0n) is 12.4. The van der Waals surface area contributed by atoms with E-state index < -0.39 is 0 Å². The zero-order chi connectivity index (χ0) is 13.8. The van der Waals surface area contributed by atoms with Gasteiger partial charge in [-0.05, 0) is 32.1 Å². The first kappa shape index (κ1) is 16.1. The molecule has 1 fully saturated rings. The highest BCUT2D eigenvalue weighted by atomic mass is 16.2. The molecule has 0 saturated heterocycles. The van der Waals surface area contributed by atoms with Gasteiger partial charge < -0.3 is 10.6 Å². The van der Waals surface area contributed by atoms with Crippen molar-refractivity contribution in [1.29, 1.82) is 0 Å². The van der Waals surface area contributed by atoms with E-state index in [1.807, 2.05) is 0 Å². The number of rotatable bonds is 8. The van der Waals surface area contributed by atoms with Crippen molar-refractivity contribution in [2.24, 2.45) is 0 Å². The largest absolute Gasteiger partial charge is 0.338 e. The molecular formula is C16H30N2O. The summed E-state index contributed by atoms with van der Waals surface area (Å²) >= 11 is 0. The SMILES string of the molecule is CCCCC/C=C/CCNC(=O)NC1CCCCC1. The van der Waals surface area contributed by atoms with E-state index in [1.54, 1.807) is 0 Å². The number of unbranched alkanes of at least 4 members (excludes halogenated alkanes) is 3. The van der Waals surface area contributed by atoms with Crippen LogP contribution in [0.4, 0.5) is 4.79 Å². The average molecular weight is 266 g/mol. The maximum absolute atomic E-state index is 11.6. The lowest BCUT2D eigenvalue weighted by Gasteiger charge is -2.22. The van der Waals surface area contributed by atoms with Crippen LogP contribution in [0.1, 0.15) is 71.1 Å². The van der Waals surface area contributed by atoms with Crippen molar-refractivity contribution >= 4 is 6.03 Å². The molecule has 19 heavy (non-hydrogen) atoms. The van der Waals surface area contributed by atoms with Crippen molar-refractivity contribution < 1.29 is 4.79 Å². The van der Waals surface area contributed by atoms with Crippen LogP contribution in [-0.4, -0.2) is 18.6 Å². The first-order chi connectivity index (χ1) is 9.33. The van der Waals surface area contributed by atoms with Gasteiger partial charge >= 0.3 is 6.03 Å². The molecule has 0 heterocycles. The van der Waals surface area contributed by atoms with Gasteiger partial charge in [-0.15, -0.1) is 0 Å². The topological polar surface area (TPSA) is 41.1 Å². The van der Waals surface area contributed by atoms with E-state index in [1.165, 1.54) is 44.9 Å². The Morgan fingerprint density at radius 3 is 2.58 bits per heavy atom. The number of nitrogens with one attached hydrogen (secondary N) is 2. The lowest BCUT2D eigenvalue weighted by Crippen LogP contribution is -2.43. The molecule has 0 aromatic rings. The van der Waals surface area contributed by atoms with Gasteiger partial charge in [0.1, 0.15) is 0 Å². The van der Waals surface area contributed by atoms with Gasteiger partial charge in [-0.1, -0.05) is 51.2 Å². The van der Waals surface area contributed by atoms with Gasteiger partial charge in [0.05, 0.1) is 0 Å². The summed E-state index contributed by atoms with van der Waals surface area (Å²) in [5.74, 6) is 0. The fourth-order valence-electron chi connectivity index (χ4n) is 2.50. The molecule has 0 bridgehead atoms. The number of carbonyl (C=O) groups is 1. The predicted octanol–water partition coefficient (Wildman–Crippen LogP) is 4.14. The van der Waals surface area contributed by atoms with Crippen molar-refractivity contribution in [3.05, 3.63) is 12.2 Å². The van der Waals surface area contributed by atoms with Crippen LogP contribution in [0.15, 0.2) is 12.2 Å². The summed E-state index contributed by atoms with van der Waals surface area (Å²) in [6.07, 6.45) is 16.5. The summed E-state index contributed by atoms with van der Waals surface area (Å²) in [4.78, 5) is 11.6. The summed E-state index contributed by atoms with van der Waals surface area (Å²) in [7, 11) is 0. The van der Waals surface area contributed by atoms with E-state index in [-0.39, 0.29) is 6.03 Å². The third-order valence-electron chi connectivity index (χ3n) is 3.68. The summed E-state index contributed by atoms with van der Waals surface area (Å²) in [5.41, 5.74) is 0. The molecule has 110 valence electrons. The summed E-state index contributed by atoms with van der Waals surface area (Å²) in [6, 6.07) is 0.407. The van der Waals surface area contributed by atoms with E-state index in [4.69, 9.17) is 0 Å². The molecule has 1 aliphatic rings. The molecule has 2 amide bonds. The summed E-state index contributed by atoms with van der Waals surface area (Å²) < 4.78 is 0. The summed E-state index contributed by atoms with van der Waals surface area (Å²) in [5, 5.41) is 5.99. The Labute approximate surface area is 118 Å². The van der Waals surface area contributed by atoms with Gasteiger partial charge in [0.2, 0.25) is 0 Å². The van der Waals surface area contributed by atoms with Gasteiger partial charge in [0.15, 0.2) is 0 Å². The Balaban J connectivity index is 1.94. The quantitative estimate of drug-likeness (QED) is 0.503. The zero-order valence-corrected chi connectivity index (χ0v) is 12.4. The van der Waals surface area contributed by atoms with Crippen LogP contribution in [0.3, 0.4) is 0 Å². The van der Waals surface area contributed by atoms with Crippen LogP contribution in [0.25, 0.3) is 0 Å². The first-order valence-corrected chi connectivity index (χ1v) is 8.02. The second-order valence-electron chi connectivity index (χ2n) is 5.49. The van der Waals surface area contributed by atoms with Crippen molar-refractivity contribution in [3.63, 3.8) is 0 Å².